The Labute approximate surface area is 171 Å². The fourth-order valence-electron chi connectivity index (χ4n) is 3.17. The van der Waals surface area contributed by atoms with Crippen molar-refractivity contribution in [1.82, 2.24) is 15.0 Å². The van der Waals surface area contributed by atoms with Crippen LogP contribution in [0, 0.1) is 0 Å². The number of hydrogen-bond donors (Lipinski definition) is 1. The maximum Gasteiger partial charge on any atom is 0.279 e. The number of hydrogen-bond acceptors (Lipinski definition) is 5. The summed E-state index contributed by atoms with van der Waals surface area (Å²) in [6, 6.07) is 19.3. The summed E-state index contributed by atoms with van der Waals surface area (Å²) in [5.74, 6) is -0.0417. The van der Waals surface area contributed by atoms with Crippen LogP contribution in [0.4, 0.5) is 5.69 Å². The second kappa shape index (κ2) is 7.97. The number of thiophene rings is 1. The average Bonchev–Trinajstić information content (AvgIpc) is 3.16. The molecule has 6 nitrogen and oxygen atoms in total. The third kappa shape index (κ3) is 3.95. The molecular formula is C22H20N4O2S. The molecule has 1 amide bonds. The van der Waals surface area contributed by atoms with Crippen LogP contribution in [0.15, 0.2) is 65.5 Å². The van der Waals surface area contributed by atoms with Gasteiger partial charge in [0.1, 0.15) is 6.54 Å². The van der Waals surface area contributed by atoms with E-state index in [0.717, 1.165) is 26.4 Å². The van der Waals surface area contributed by atoms with Crippen LogP contribution >= 0.6 is 11.3 Å². The van der Waals surface area contributed by atoms with Gasteiger partial charge in [-0.05, 0) is 29.2 Å². The molecule has 4 rings (SSSR count). The molecule has 0 radical (unpaired) electrons. The zero-order valence-electron chi connectivity index (χ0n) is 16.1. The van der Waals surface area contributed by atoms with Gasteiger partial charge in [-0.2, -0.15) is 0 Å². The van der Waals surface area contributed by atoms with E-state index in [-0.39, 0.29) is 23.9 Å². The third-order valence-corrected chi connectivity index (χ3v) is 5.70. The summed E-state index contributed by atoms with van der Waals surface area (Å²) in [6.07, 6.45) is 0. The molecule has 0 unspecified atom stereocenters. The van der Waals surface area contributed by atoms with Gasteiger partial charge in [0.2, 0.25) is 5.91 Å². The van der Waals surface area contributed by atoms with Gasteiger partial charge in [-0.25, -0.2) is 4.68 Å². The van der Waals surface area contributed by atoms with E-state index >= 15 is 0 Å². The van der Waals surface area contributed by atoms with Crippen molar-refractivity contribution in [2.45, 2.75) is 26.3 Å². The fraction of sp³-hybridized carbons (Fsp3) is 0.182. The first kappa shape index (κ1) is 19.0. The van der Waals surface area contributed by atoms with Crippen LogP contribution in [0.5, 0.6) is 0 Å². The lowest BCUT2D eigenvalue weighted by Crippen LogP contribution is -2.30. The molecule has 1 N–H and O–H groups in total. The smallest absolute Gasteiger partial charge is 0.279 e. The van der Waals surface area contributed by atoms with Gasteiger partial charge >= 0.3 is 0 Å². The van der Waals surface area contributed by atoms with E-state index in [4.69, 9.17) is 0 Å². The van der Waals surface area contributed by atoms with E-state index in [1.807, 2.05) is 60.7 Å². The number of anilines is 1. The van der Waals surface area contributed by atoms with Crippen molar-refractivity contribution in [2.24, 2.45) is 0 Å². The monoisotopic (exact) mass is 404 g/mol. The van der Waals surface area contributed by atoms with Crippen LogP contribution in [0.1, 0.15) is 25.3 Å². The van der Waals surface area contributed by atoms with E-state index in [9.17, 15) is 9.59 Å². The van der Waals surface area contributed by atoms with Gasteiger partial charge in [0, 0.05) is 10.6 Å². The first-order chi connectivity index (χ1) is 14.0. The Kier molecular flexibility index (Phi) is 5.22. The number of nitrogens with one attached hydrogen (secondary N) is 1. The molecule has 2 aromatic heterocycles. The Morgan fingerprint density at radius 1 is 1.10 bits per heavy atom. The summed E-state index contributed by atoms with van der Waals surface area (Å²) in [5, 5.41) is 11.5. The van der Waals surface area contributed by atoms with Crippen molar-refractivity contribution in [3.8, 4) is 10.4 Å². The topological polar surface area (TPSA) is 76.9 Å². The lowest BCUT2D eigenvalue weighted by atomic mass is 10.0. The molecule has 0 aliphatic carbocycles. The largest absolute Gasteiger partial charge is 0.324 e. The second-order valence-corrected chi connectivity index (χ2v) is 8.07. The molecule has 2 heterocycles. The van der Waals surface area contributed by atoms with E-state index in [1.165, 1.54) is 11.3 Å². The highest BCUT2D eigenvalue weighted by molar-refractivity contribution is 7.21. The number of para-hydroxylation sites is 1. The molecule has 0 saturated heterocycles. The summed E-state index contributed by atoms with van der Waals surface area (Å²) < 4.78 is 1.11. The maximum atomic E-state index is 12.8. The molecule has 0 bridgehead atoms. The number of rotatable bonds is 5. The van der Waals surface area contributed by atoms with E-state index in [0.29, 0.717) is 10.2 Å². The highest BCUT2D eigenvalue weighted by atomic mass is 32.1. The molecule has 7 heteroatoms. The molecule has 0 aliphatic heterocycles. The molecule has 0 saturated carbocycles. The fourth-order valence-corrected chi connectivity index (χ4v) is 4.14. The predicted molar refractivity (Wildman–Crippen MR) is 116 cm³/mol. The zero-order chi connectivity index (χ0) is 20.4. The lowest BCUT2D eigenvalue weighted by molar-refractivity contribution is -0.117. The number of amides is 1. The van der Waals surface area contributed by atoms with Gasteiger partial charge in [0.15, 0.2) is 4.83 Å². The van der Waals surface area contributed by atoms with Gasteiger partial charge < -0.3 is 5.32 Å². The molecule has 29 heavy (non-hydrogen) atoms. The Hall–Kier alpha value is -3.32. The summed E-state index contributed by atoms with van der Waals surface area (Å²) in [6.45, 7) is 3.94. The minimum Gasteiger partial charge on any atom is -0.324 e. The van der Waals surface area contributed by atoms with Crippen LogP contribution in [0.25, 0.3) is 20.7 Å². The van der Waals surface area contributed by atoms with Crippen LogP contribution in [0.3, 0.4) is 0 Å². The van der Waals surface area contributed by atoms with Crippen LogP contribution in [-0.4, -0.2) is 20.9 Å². The minimum absolute atomic E-state index is 0.190. The minimum atomic E-state index is -0.319. The van der Waals surface area contributed by atoms with E-state index in [2.05, 4.69) is 29.5 Å². The van der Waals surface area contributed by atoms with E-state index < -0.39 is 0 Å². The predicted octanol–water partition coefficient (Wildman–Crippen LogP) is 4.28. The van der Waals surface area contributed by atoms with Crippen molar-refractivity contribution in [3.05, 3.63) is 76.6 Å². The van der Waals surface area contributed by atoms with Gasteiger partial charge in [0.25, 0.3) is 5.56 Å². The summed E-state index contributed by atoms with van der Waals surface area (Å²) in [5.41, 5.74) is 2.49. The summed E-state index contributed by atoms with van der Waals surface area (Å²) in [4.78, 5) is 26.9. The van der Waals surface area contributed by atoms with E-state index in [1.54, 1.807) is 0 Å². The van der Waals surface area contributed by atoms with Crippen LogP contribution < -0.4 is 10.9 Å². The summed E-state index contributed by atoms with van der Waals surface area (Å²) >= 11 is 1.41. The van der Waals surface area contributed by atoms with Crippen molar-refractivity contribution < 1.29 is 4.79 Å². The Bertz CT molecular complexity index is 1230. The molecule has 0 spiro atoms. The Morgan fingerprint density at radius 3 is 2.59 bits per heavy atom. The van der Waals surface area contributed by atoms with Crippen molar-refractivity contribution in [3.63, 3.8) is 0 Å². The Morgan fingerprint density at radius 2 is 1.83 bits per heavy atom. The number of carbonyl (C=O) groups is 1. The lowest BCUT2D eigenvalue weighted by Gasteiger charge is -2.13. The third-order valence-electron chi connectivity index (χ3n) is 4.63. The molecule has 2 aromatic carbocycles. The van der Waals surface area contributed by atoms with Crippen molar-refractivity contribution in [1.29, 1.82) is 0 Å². The van der Waals surface area contributed by atoms with Crippen molar-refractivity contribution in [2.75, 3.05) is 5.32 Å². The first-order valence-electron chi connectivity index (χ1n) is 9.34. The molecular weight excluding hydrogens is 384 g/mol. The molecule has 4 aromatic rings. The number of benzene rings is 2. The van der Waals surface area contributed by atoms with Gasteiger partial charge in [-0.3, -0.25) is 9.59 Å². The molecule has 0 aliphatic rings. The first-order valence-corrected chi connectivity index (χ1v) is 10.2. The second-order valence-electron chi connectivity index (χ2n) is 7.04. The highest BCUT2D eigenvalue weighted by Gasteiger charge is 2.15. The van der Waals surface area contributed by atoms with Crippen LogP contribution in [0.2, 0.25) is 0 Å². The number of carbonyl (C=O) groups excluding carboxylic acids is 1. The standard InChI is InChI=1S/C22H20N4O2S/c1-14(2)16-10-6-7-11-18(16)23-20(27)13-26-22(28)17-12-19(29-21(17)24-25-26)15-8-4-3-5-9-15/h3-12,14H,13H2,1-2H3,(H,23,27). The summed E-state index contributed by atoms with van der Waals surface area (Å²) in [7, 11) is 0. The highest BCUT2D eigenvalue weighted by Crippen LogP contribution is 2.30. The zero-order valence-corrected chi connectivity index (χ0v) is 16.9. The number of fused-ring (bicyclic) bond motifs is 1. The molecule has 0 fully saturated rings. The van der Waals surface area contributed by atoms with Crippen molar-refractivity contribution >= 4 is 33.1 Å². The molecule has 0 atom stereocenters. The SMILES string of the molecule is CC(C)c1ccccc1NC(=O)Cn1nnc2sc(-c3ccccc3)cc2c1=O. The number of nitrogens with zero attached hydrogens (tertiary/aromatic N) is 3. The molecule has 146 valence electrons. The van der Waals surface area contributed by atoms with Gasteiger partial charge in [-0.1, -0.05) is 67.6 Å². The number of aromatic nitrogens is 3. The Balaban J connectivity index is 1.59. The quantitative estimate of drug-likeness (QED) is 0.539. The normalized spacial score (nSPS) is 11.1. The average molecular weight is 404 g/mol. The van der Waals surface area contributed by atoms with Crippen LogP contribution in [-0.2, 0) is 11.3 Å². The maximum absolute atomic E-state index is 12.8. The van der Waals surface area contributed by atoms with Gasteiger partial charge in [0.05, 0.1) is 5.39 Å². The van der Waals surface area contributed by atoms with Gasteiger partial charge in [-0.15, -0.1) is 16.4 Å².